The summed E-state index contributed by atoms with van der Waals surface area (Å²) in [6.07, 6.45) is 6.71. The smallest absolute Gasteiger partial charge is 0.107 e. The van der Waals surface area contributed by atoms with Gasteiger partial charge < -0.3 is 5.32 Å². The largest absolute Gasteiger partial charge is 0.311 e. The average molecular weight is 267 g/mol. The molecule has 0 aliphatic carbocycles. The lowest BCUT2D eigenvalue weighted by Gasteiger charge is -2.17. The van der Waals surface area contributed by atoms with Crippen LogP contribution in [0.15, 0.2) is 5.38 Å². The lowest BCUT2D eigenvalue weighted by Crippen LogP contribution is -2.24. The van der Waals surface area contributed by atoms with Crippen molar-refractivity contribution in [2.45, 2.75) is 52.1 Å². The SMILES string of the molecule is CCCNCc1csc(CN2CCCCCC2)n1. The van der Waals surface area contributed by atoms with E-state index in [-0.39, 0.29) is 0 Å². The first-order valence-corrected chi connectivity index (χ1v) is 8.13. The van der Waals surface area contributed by atoms with Crippen LogP contribution in [0.5, 0.6) is 0 Å². The molecule has 4 heteroatoms. The van der Waals surface area contributed by atoms with Gasteiger partial charge in [0.1, 0.15) is 5.01 Å². The summed E-state index contributed by atoms with van der Waals surface area (Å²) < 4.78 is 0. The second kappa shape index (κ2) is 7.87. The van der Waals surface area contributed by atoms with Crippen LogP contribution in [0.2, 0.25) is 0 Å². The van der Waals surface area contributed by atoms with E-state index in [4.69, 9.17) is 4.98 Å². The minimum atomic E-state index is 0.921. The molecular weight excluding hydrogens is 242 g/mol. The lowest BCUT2D eigenvalue weighted by atomic mass is 10.2. The topological polar surface area (TPSA) is 28.2 Å². The van der Waals surface area contributed by atoms with Crippen LogP contribution in [0, 0.1) is 0 Å². The van der Waals surface area contributed by atoms with Gasteiger partial charge in [-0.15, -0.1) is 11.3 Å². The molecule has 18 heavy (non-hydrogen) atoms. The maximum Gasteiger partial charge on any atom is 0.107 e. The molecule has 1 N–H and O–H groups in total. The second-order valence-corrected chi connectivity index (χ2v) is 6.04. The molecule has 0 amide bonds. The highest BCUT2D eigenvalue weighted by Gasteiger charge is 2.11. The van der Waals surface area contributed by atoms with Gasteiger partial charge >= 0.3 is 0 Å². The van der Waals surface area contributed by atoms with Gasteiger partial charge in [0.2, 0.25) is 0 Å². The van der Waals surface area contributed by atoms with E-state index >= 15 is 0 Å². The van der Waals surface area contributed by atoms with Gasteiger partial charge in [0, 0.05) is 11.9 Å². The van der Waals surface area contributed by atoms with Crippen molar-refractivity contribution in [3.8, 4) is 0 Å². The molecule has 0 radical (unpaired) electrons. The average Bonchev–Trinajstić information content (AvgIpc) is 2.65. The Hall–Kier alpha value is -0.450. The van der Waals surface area contributed by atoms with Crippen molar-refractivity contribution in [1.82, 2.24) is 15.2 Å². The van der Waals surface area contributed by atoms with Crippen molar-refractivity contribution in [2.75, 3.05) is 19.6 Å². The summed E-state index contributed by atoms with van der Waals surface area (Å²) in [5.74, 6) is 0. The third kappa shape index (κ3) is 4.67. The summed E-state index contributed by atoms with van der Waals surface area (Å²) in [6.45, 7) is 7.76. The van der Waals surface area contributed by atoms with E-state index in [1.807, 2.05) is 11.3 Å². The predicted molar refractivity (Wildman–Crippen MR) is 77.9 cm³/mol. The van der Waals surface area contributed by atoms with Crippen molar-refractivity contribution < 1.29 is 0 Å². The van der Waals surface area contributed by atoms with Crippen molar-refractivity contribution in [1.29, 1.82) is 0 Å². The van der Waals surface area contributed by atoms with Gasteiger partial charge in [0.05, 0.1) is 12.2 Å². The third-order valence-electron chi connectivity index (χ3n) is 3.39. The van der Waals surface area contributed by atoms with Crippen LogP contribution in [-0.4, -0.2) is 29.5 Å². The van der Waals surface area contributed by atoms with E-state index in [2.05, 4.69) is 22.5 Å². The van der Waals surface area contributed by atoms with Crippen molar-refractivity contribution in [2.24, 2.45) is 0 Å². The summed E-state index contributed by atoms with van der Waals surface area (Å²) in [4.78, 5) is 7.29. The van der Waals surface area contributed by atoms with Crippen LogP contribution >= 0.6 is 11.3 Å². The van der Waals surface area contributed by atoms with Gasteiger partial charge in [-0.05, 0) is 38.9 Å². The third-order valence-corrected chi connectivity index (χ3v) is 4.27. The number of hydrogen-bond donors (Lipinski definition) is 1. The Bertz CT molecular complexity index is 330. The van der Waals surface area contributed by atoms with Crippen LogP contribution in [0.3, 0.4) is 0 Å². The first kappa shape index (κ1) is 14.0. The highest BCUT2D eigenvalue weighted by molar-refractivity contribution is 7.09. The number of aromatic nitrogens is 1. The molecule has 102 valence electrons. The van der Waals surface area contributed by atoms with Gasteiger partial charge in [0.25, 0.3) is 0 Å². The second-order valence-electron chi connectivity index (χ2n) is 5.10. The van der Waals surface area contributed by atoms with Gasteiger partial charge in [-0.1, -0.05) is 19.8 Å². The summed E-state index contributed by atoms with van der Waals surface area (Å²) in [5, 5.41) is 6.90. The molecule has 1 aromatic rings. The first-order valence-electron chi connectivity index (χ1n) is 7.25. The molecule has 1 aliphatic heterocycles. The van der Waals surface area contributed by atoms with Crippen LogP contribution in [-0.2, 0) is 13.1 Å². The summed E-state index contributed by atoms with van der Waals surface area (Å²) in [7, 11) is 0. The molecule has 0 bridgehead atoms. The maximum atomic E-state index is 4.72. The molecule has 2 heterocycles. The monoisotopic (exact) mass is 267 g/mol. The molecule has 0 atom stereocenters. The van der Waals surface area contributed by atoms with Crippen molar-refractivity contribution in [3.63, 3.8) is 0 Å². The van der Waals surface area contributed by atoms with E-state index in [9.17, 15) is 0 Å². The quantitative estimate of drug-likeness (QED) is 0.803. The summed E-state index contributed by atoms with van der Waals surface area (Å²) in [5.41, 5.74) is 1.21. The number of rotatable bonds is 6. The van der Waals surface area contributed by atoms with Crippen molar-refractivity contribution >= 4 is 11.3 Å². The van der Waals surface area contributed by atoms with Crippen LogP contribution in [0.4, 0.5) is 0 Å². The van der Waals surface area contributed by atoms with E-state index in [0.717, 1.165) is 19.6 Å². The number of hydrogen-bond acceptors (Lipinski definition) is 4. The maximum absolute atomic E-state index is 4.72. The first-order chi connectivity index (χ1) is 8.88. The van der Waals surface area contributed by atoms with E-state index in [0.29, 0.717) is 0 Å². The molecule has 0 aromatic carbocycles. The number of nitrogens with one attached hydrogen (secondary N) is 1. The fourth-order valence-electron chi connectivity index (χ4n) is 2.38. The van der Waals surface area contributed by atoms with E-state index in [1.54, 1.807) is 0 Å². The predicted octanol–water partition coefficient (Wildman–Crippen LogP) is 3.02. The lowest BCUT2D eigenvalue weighted by molar-refractivity contribution is 0.276. The molecule has 3 nitrogen and oxygen atoms in total. The summed E-state index contributed by atoms with van der Waals surface area (Å²) >= 11 is 1.82. The van der Waals surface area contributed by atoms with Crippen LogP contribution in [0.25, 0.3) is 0 Å². The minimum absolute atomic E-state index is 0.921. The van der Waals surface area contributed by atoms with Gasteiger partial charge in [-0.3, -0.25) is 4.90 Å². The molecular formula is C14H25N3S. The van der Waals surface area contributed by atoms with Gasteiger partial charge in [-0.2, -0.15) is 0 Å². The standard InChI is InChI=1S/C14H25N3S/c1-2-7-15-10-13-12-18-14(16-13)11-17-8-5-3-4-6-9-17/h12,15H,2-11H2,1H3. The molecule has 1 aromatic heterocycles. The minimum Gasteiger partial charge on any atom is -0.311 e. The van der Waals surface area contributed by atoms with E-state index in [1.165, 1.54) is 55.9 Å². The Balaban J connectivity index is 1.78. The molecule has 1 saturated heterocycles. The van der Waals surface area contributed by atoms with E-state index < -0.39 is 0 Å². The summed E-state index contributed by atoms with van der Waals surface area (Å²) in [6, 6.07) is 0. The number of thiazole rings is 1. The molecule has 1 aliphatic rings. The Labute approximate surface area is 115 Å². The Morgan fingerprint density at radius 2 is 2.06 bits per heavy atom. The molecule has 1 fully saturated rings. The highest BCUT2D eigenvalue weighted by atomic mass is 32.1. The number of nitrogens with zero attached hydrogens (tertiary/aromatic N) is 2. The van der Waals surface area contributed by atoms with Crippen molar-refractivity contribution in [3.05, 3.63) is 16.1 Å². The fraction of sp³-hybridized carbons (Fsp3) is 0.786. The molecule has 2 rings (SSSR count). The van der Waals surface area contributed by atoms with Gasteiger partial charge in [0.15, 0.2) is 0 Å². The van der Waals surface area contributed by atoms with Crippen LogP contribution in [0.1, 0.15) is 49.7 Å². The van der Waals surface area contributed by atoms with Crippen LogP contribution < -0.4 is 5.32 Å². The molecule has 0 saturated carbocycles. The van der Waals surface area contributed by atoms with Gasteiger partial charge in [-0.25, -0.2) is 4.98 Å². The normalized spacial score (nSPS) is 17.8. The Kier molecular flexibility index (Phi) is 6.11. The Morgan fingerprint density at radius 3 is 2.78 bits per heavy atom. The zero-order chi connectivity index (χ0) is 12.6. The zero-order valence-corrected chi connectivity index (χ0v) is 12.3. The highest BCUT2D eigenvalue weighted by Crippen LogP contribution is 2.16. The fourth-order valence-corrected chi connectivity index (χ4v) is 3.22. The zero-order valence-electron chi connectivity index (χ0n) is 11.5. The Morgan fingerprint density at radius 1 is 1.28 bits per heavy atom. The number of likely N-dealkylation sites (tertiary alicyclic amines) is 1. The molecule has 0 unspecified atom stereocenters. The molecule has 0 spiro atoms.